The first-order valence-electron chi connectivity index (χ1n) is 8.72. The van der Waals surface area contributed by atoms with Crippen molar-refractivity contribution in [1.82, 2.24) is 0 Å². The van der Waals surface area contributed by atoms with E-state index in [4.69, 9.17) is 0 Å². The zero-order chi connectivity index (χ0) is 14.8. The molecular formula is C19H26O2. The van der Waals surface area contributed by atoms with Gasteiger partial charge in [0.05, 0.1) is 0 Å². The molecule has 2 heteroatoms. The van der Waals surface area contributed by atoms with Crippen molar-refractivity contribution in [1.29, 1.82) is 0 Å². The molecular weight excluding hydrogens is 260 g/mol. The van der Waals surface area contributed by atoms with Gasteiger partial charge >= 0.3 is 0 Å². The van der Waals surface area contributed by atoms with Crippen LogP contribution in [0.1, 0.15) is 58.8 Å². The Kier molecular flexibility index (Phi) is 2.81. The normalized spacial score (nSPS) is 52.3. The largest absolute Gasteiger partial charge is 0.291 e. The fraction of sp³-hybridized carbons (Fsp3) is 0.789. The number of allylic oxidation sites excluding steroid dienone is 2. The second kappa shape index (κ2) is 4.30. The van der Waals surface area contributed by atoms with Crippen molar-refractivity contribution in [2.75, 3.05) is 0 Å². The molecule has 0 aliphatic heterocycles. The lowest BCUT2D eigenvalue weighted by atomic mass is 9.45. The van der Waals surface area contributed by atoms with E-state index in [2.05, 4.69) is 26.0 Å². The van der Waals surface area contributed by atoms with Gasteiger partial charge in [0, 0.05) is 11.8 Å². The van der Waals surface area contributed by atoms with Crippen LogP contribution in [-0.4, -0.2) is 11.6 Å². The maximum atomic E-state index is 12.7. The minimum atomic E-state index is -0.345. The molecule has 4 aliphatic rings. The predicted molar refractivity (Wildman–Crippen MR) is 81.6 cm³/mol. The molecule has 0 spiro atoms. The second-order valence-corrected chi connectivity index (χ2v) is 8.41. The second-order valence-electron chi connectivity index (χ2n) is 8.41. The third-order valence-corrected chi connectivity index (χ3v) is 7.69. The van der Waals surface area contributed by atoms with Crippen molar-refractivity contribution in [3.05, 3.63) is 12.2 Å². The van der Waals surface area contributed by atoms with E-state index in [1.165, 1.54) is 19.3 Å². The van der Waals surface area contributed by atoms with Gasteiger partial charge in [-0.05, 0) is 67.6 Å². The van der Waals surface area contributed by atoms with E-state index >= 15 is 0 Å². The van der Waals surface area contributed by atoms with Crippen molar-refractivity contribution < 1.29 is 9.59 Å². The van der Waals surface area contributed by atoms with Gasteiger partial charge in [0.2, 0.25) is 5.78 Å². The molecule has 4 rings (SSSR count). The number of rotatable bonds is 0. The molecule has 0 saturated heterocycles. The predicted octanol–water partition coefficient (Wildman–Crippen LogP) is 3.94. The highest BCUT2D eigenvalue weighted by Crippen LogP contribution is 2.63. The highest BCUT2D eigenvalue weighted by atomic mass is 16.2. The van der Waals surface area contributed by atoms with E-state index < -0.39 is 0 Å². The summed E-state index contributed by atoms with van der Waals surface area (Å²) < 4.78 is 0. The number of hydrogen-bond donors (Lipinski definition) is 0. The molecule has 6 atom stereocenters. The summed E-state index contributed by atoms with van der Waals surface area (Å²) >= 11 is 0. The van der Waals surface area contributed by atoms with Gasteiger partial charge in [0.25, 0.3) is 0 Å². The Hall–Kier alpha value is -0.920. The van der Waals surface area contributed by atoms with E-state index in [0.29, 0.717) is 35.5 Å². The third-order valence-electron chi connectivity index (χ3n) is 7.69. The van der Waals surface area contributed by atoms with Crippen LogP contribution in [0.15, 0.2) is 12.2 Å². The van der Waals surface area contributed by atoms with E-state index in [1.54, 1.807) is 0 Å². The van der Waals surface area contributed by atoms with E-state index in [0.717, 1.165) is 19.3 Å². The molecule has 0 aromatic heterocycles. The van der Waals surface area contributed by atoms with Crippen LogP contribution >= 0.6 is 0 Å². The first-order valence-corrected chi connectivity index (χ1v) is 8.72. The molecule has 3 saturated carbocycles. The molecule has 0 bridgehead atoms. The molecule has 0 heterocycles. The van der Waals surface area contributed by atoms with Crippen LogP contribution in [0.5, 0.6) is 0 Å². The van der Waals surface area contributed by atoms with Gasteiger partial charge in [-0.1, -0.05) is 26.0 Å². The average Bonchev–Trinajstić information content (AvgIpc) is 2.86. The van der Waals surface area contributed by atoms with Gasteiger partial charge in [0.1, 0.15) is 0 Å². The Morgan fingerprint density at radius 3 is 2.67 bits per heavy atom. The zero-order valence-electron chi connectivity index (χ0n) is 13.2. The standard InChI is InChI=1S/C19H26O2/c1-18-10-3-4-14(18)13-7-5-12-6-8-16(20)17(21)19(12,2)15(13)9-11-18/h3,10,12-15H,4-9,11H2,1-2H3/t12?,13-,14-,15-,18-,19-/m0/s1. The Bertz CT molecular complexity index is 534. The highest BCUT2D eigenvalue weighted by molar-refractivity contribution is 6.39. The Balaban J connectivity index is 1.72. The quantitative estimate of drug-likeness (QED) is 0.499. The van der Waals surface area contributed by atoms with Crippen LogP contribution in [0.4, 0.5) is 0 Å². The summed E-state index contributed by atoms with van der Waals surface area (Å²) in [6, 6.07) is 0. The molecule has 114 valence electrons. The monoisotopic (exact) mass is 286 g/mol. The van der Waals surface area contributed by atoms with Crippen LogP contribution < -0.4 is 0 Å². The fourth-order valence-corrected chi connectivity index (χ4v) is 6.43. The maximum Gasteiger partial charge on any atom is 0.204 e. The van der Waals surface area contributed by atoms with Crippen LogP contribution in [0.3, 0.4) is 0 Å². The van der Waals surface area contributed by atoms with Gasteiger partial charge in [0.15, 0.2) is 5.78 Å². The van der Waals surface area contributed by atoms with Crippen molar-refractivity contribution in [2.24, 2.45) is 34.5 Å². The van der Waals surface area contributed by atoms with Crippen LogP contribution in [0.25, 0.3) is 0 Å². The topological polar surface area (TPSA) is 34.1 Å². The summed E-state index contributed by atoms with van der Waals surface area (Å²) in [5.41, 5.74) is 0.00819. The summed E-state index contributed by atoms with van der Waals surface area (Å²) in [7, 11) is 0. The zero-order valence-corrected chi connectivity index (χ0v) is 13.2. The van der Waals surface area contributed by atoms with Crippen molar-refractivity contribution in [3.8, 4) is 0 Å². The Labute approximate surface area is 127 Å². The number of carbonyl (C=O) groups excluding carboxylic acids is 2. The number of fused-ring (bicyclic) bond motifs is 5. The molecule has 3 fully saturated rings. The SMILES string of the molecule is C[C@@]12C=CC[C@H]1[C@@H]1CCC3CCC(=O)C(=O)[C@]3(C)[C@H]1CC2. The number of ketones is 2. The van der Waals surface area contributed by atoms with Crippen LogP contribution in [-0.2, 0) is 9.59 Å². The van der Waals surface area contributed by atoms with E-state index in [9.17, 15) is 9.59 Å². The smallest absolute Gasteiger partial charge is 0.204 e. The minimum Gasteiger partial charge on any atom is -0.291 e. The van der Waals surface area contributed by atoms with Crippen molar-refractivity contribution >= 4 is 11.6 Å². The van der Waals surface area contributed by atoms with E-state index in [-0.39, 0.29) is 17.0 Å². The molecule has 0 radical (unpaired) electrons. The van der Waals surface area contributed by atoms with Crippen LogP contribution in [0.2, 0.25) is 0 Å². The van der Waals surface area contributed by atoms with Gasteiger partial charge < -0.3 is 0 Å². The molecule has 1 unspecified atom stereocenters. The lowest BCUT2D eigenvalue weighted by molar-refractivity contribution is -0.161. The Morgan fingerprint density at radius 1 is 1.05 bits per heavy atom. The molecule has 0 aromatic carbocycles. The number of carbonyl (C=O) groups is 2. The summed E-state index contributed by atoms with van der Waals surface area (Å²) in [5.74, 6) is 2.15. The van der Waals surface area contributed by atoms with Crippen molar-refractivity contribution in [2.45, 2.75) is 58.8 Å². The fourth-order valence-electron chi connectivity index (χ4n) is 6.43. The molecule has 21 heavy (non-hydrogen) atoms. The first-order chi connectivity index (χ1) is 9.97. The summed E-state index contributed by atoms with van der Waals surface area (Å²) in [6.07, 6.45) is 12.2. The summed E-state index contributed by atoms with van der Waals surface area (Å²) in [6.45, 7) is 4.54. The Morgan fingerprint density at radius 2 is 1.86 bits per heavy atom. The van der Waals surface area contributed by atoms with Gasteiger partial charge in [-0.25, -0.2) is 0 Å². The van der Waals surface area contributed by atoms with Gasteiger partial charge in [-0.2, -0.15) is 0 Å². The van der Waals surface area contributed by atoms with Crippen molar-refractivity contribution in [3.63, 3.8) is 0 Å². The van der Waals surface area contributed by atoms with Gasteiger partial charge in [-0.3, -0.25) is 9.59 Å². The maximum absolute atomic E-state index is 12.7. The molecule has 0 aromatic rings. The lowest BCUT2D eigenvalue weighted by Crippen LogP contribution is -2.57. The lowest BCUT2D eigenvalue weighted by Gasteiger charge is -2.58. The number of Topliss-reactive ketones (excluding diaryl/α,β-unsaturated/α-hetero) is 2. The van der Waals surface area contributed by atoms with E-state index in [1.807, 2.05) is 0 Å². The third kappa shape index (κ3) is 1.65. The number of hydrogen-bond acceptors (Lipinski definition) is 2. The highest BCUT2D eigenvalue weighted by Gasteiger charge is 2.60. The molecule has 4 aliphatic carbocycles. The molecule has 0 N–H and O–H groups in total. The van der Waals surface area contributed by atoms with Crippen LogP contribution in [0, 0.1) is 34.5 Å². The first kappa shape index (κ1) is 13.7. The molecule has 2 nitrogen and oxygen atoms in total. The summed E-state index contributed by atoms with van der Waals surface area (Å²) in [4.78, 5) is 24.8. The van der Waals surface area contributed by atoms with Gasteiger partial charge in [-0.15, -0.1) is 0 Å². The average molecular weight is 286 g/mol. The minimum absolute atomic E-state index is 0.0250. The summed E-state index contributed by atoms with van der Waals surface area (Å²) in [5, 5.41) is 0. The molecule has 0 amide bonds.